The first-order chi connectivity index (χ1) is 12.8. The Morgan fingerprint density at radius 3 is 1.89 bits per heavy atom. The highest BCUT2D eigenvalue weighted by Crippen LogP contribution is 2.29. The molecule has 0 spiro atoms. The van der Waals surface area contributed by atoms with Gasteiger partial charge < -0.3 is 10.6 Å². The SMILES string of the molecule is CCCNC(=O)C1CCC(C(=O)NCCc2ccc(S(N)(=O)=O)cc2)CC1. The van der Waals surface area contributed by atoms with Crippen molar-refractivity contribution in [3.8, 4) is 0 Å². The molecule has 0 aromatic heterocycles. The molecule has 0 atom stereocenters. The first kappa shape index (κ1) is 21.4. The molecule has 1 aromatic rings. The molecule has 0 saturated heterocycles. The average Bonchev–Trinajstić information content (AvgIpc) is 2.66. The minimum atomic E-state index is -3.68. The van der Waals surface area contributed by atoms with E-state index in [1.165, 1.54) is 12.1 Å². The maximum atomic E-state index is 12.3. The van der Waals surface area contributed by atoms with Gasteiger partial charge in [-0.1, -0.05) is 19.1 Å². The van der Waals surface area contributed by atoms with Gasteiger partial charge in [0.15, 0.2) is 0 Å². The number of carbonyl (C=O) groups excluding carboxylic acids is 2. The quantitative estimate of drug-likeness (QED) is 0.615. The molecule has 1 aromatic carbocycles. The maximum Gasteiger partial charge on any atom is 0.238 e. The van der Waals surface area contributed by atoms with Gasteiger partial charge in [0.2, 0.25) is 21.8 Å². The summed E-state index contributed by atoms with van der Waals surface area (Å²) in [5.74, 6) is 0.130. The molecule has 0 aliphatic heterocycles. The third kappa shape index (κ3) is 6.62. The number of carbonyl (C=O) groups is 2. The van der Waals surface area contributed by atoms with Gasteiger partial charge in [-0.2, -0.15) is 0 Å². The number of primary sulfonamides is 1. The Morgan fingerprint density at radius 2 is 1.44 bits per heavy atom. The normalized spacial score (nSPS) is 20.1. The van der Waals surface area contributed by atoms with Crippen molar-refractivity contribution in [2.24, 2.45) is 17.0 Å². The van der Waals surface area contributed by atoms with Crippen LogP contribution in [0.3, 0.4) is 0 Å². The molecule has 1 aliphatic rings. The summed E-state index contributed by atoms with van der Waals surface area (Å²) in [7, 11) is -3.68. The topological polar surface area (TPSA) is 118 Å². The van der Waals surface area contributed by atoms with E-state index in [4.69, 9.17) is 5.14 Å². The number of hydrogen-bond donors (Lipinski definition) is 3. The lowest BCUT2D eigenvalue weighted by Crippen LogP contribution is -2.38. The van der Waals surface area contributed by atoms with Gasteiger partial charge in [0.05, 0.1) is 4.90 Å². The summed E-state index contributed by atoms with van der Waals surface area (Å²) in [5, 5.41) is 10.9. The highest BCUT2D eigenvalue weighted by atomic mass is 32.2. The number of hydrogen-bond acceptors (Lipinski definition) is 4. The molecule has 0 heterocycles. The standard InChI is InChI=1S/C19H29N3O4S/c1-2-12-21-18(23)15-5-7-16(8-6-15)19(24)22-13-11-14-3-9-17(10-4-14)27(20,25)26/h3-4,9-10,15-16H,2,5-8,11-13H2,1H3,(H,21,23)(H,22,24)(H2,20,25,26). The Labute approximate surface area is 161 Å². The van der Waals surface area contributed by atoms with E-state index in [9.17, 15) is 18.0 Å². The van der Waals surface area contributed by atoms with Crippen molar-refractivity contribution in [3.05, 3.63) is 29.8 Å². The van der Waals surface area contributed by atoms with Crippen molar-refractivity contribution in [1.82, 2.24) is 10.6 Å². The Kier molecular flexibility index (Phi) is 7.79. The largest absolute Gasteiger partial charge is 0.356 e. The van der Waals surface area contributed by atoms with Crippen molar-refractivity contribution in [1.29, 1.82) is 0 Å². The highest BCUT2D eigenvalue weighted by Gasteiger charge is 2.29. The van der Waals surface area contributed by atoms with Crippen molar-refractivity contribution >= 4 is 21.8 Å². The zero-order valence-corrected chi connectivity index (χ0v) is 16.6. The molecular weight excluding hydrogens is 366 g/mol. The molecule has 8 heteroatoms. The van der Waals surface area contributed by atoms with Gasteiger partial charge in [-0.3, -0.25) is 9.59 Å². The third-order valence-corrected chi connectivity index (χ3v) is 5.91. The smallest absolute Gasteiger partial charge is 0.238 e. The van der Waals surface area contributed by atoms with Crippen LogP contribution in [-0.2, 0) is 26.0 Å². The monoisotopic (exact) mass is 395 g/mol. The molecule has 4 N–H and O–H groups in total. The highest BCUT2D eigenvalue weighted by molar-refractivity contribution is 7.89. The second kappa shape index (κ2) is 9.85. The molecule has 0 radical (unpaired) electrons. The summed E-state index contributed by atoms with van der Waals surface area (Å²) in [6.07, 6.45) is 4.52. The zero-order valence-electron chi connectivity index (χ0n) is 15.7. The van der Waals surface area contributed by atoms with Crippen LogP contribution in [0.4, 0.5) is 0 Å². The number of nitrogens with one attached hydrogen (secondary N) is 2. The maximum absolute atomic E-state index is 12.3. The van der Waals surface area contributed by atoms with E-state index in [-0.39, 0.29) is 28.5 Å². The number of sulfonamides is 1. The summed E-state index contributed by atoms with van der Waals surface area (Å²) in [4.78, 5) is 24.4. The Balaban J connectivity index is 1.71. The molecule has 150 valence electrons. The first-order valence-corrected chi connectivity index (χ1v) is 11.0. The summed E-state index contributed by atoms with van der Waals surface area (Å²) >= 11 is 0. The first-order valence-electron chi connectivity index (χ1n) is 9.48. The molecule has 0 bridgehead atoms. The summed E-state index contributed by atoms with van der Waals surface area (Å²) in [5.41, 5.74) is 0.930. The minimum Gasteiger partial charge on any atom is -0.356 e. The van der Waals surface area contributed by atoms with Crippen LogP contribution >= 0.6 is 0 Å². The molecule has 1 aliphatic carbocycles. The number of amides is 2. The number of rotatable bonds is 8. The minimum absolute atomic E-state index is 0.0259. The van der Waals surface area contributed by atoms with Gasteiger partial charge in [-0.25, -0.2) is 13.6 Å². The number of benzene rings is 1. The van der Waals surface area contributed by atoms with Gasteiger partial charge in [-0.05, 0) is 56.2 Å². The Bertz CT molecular complexity index is 739. The number of nitrogens with two attached hydrogens (primary N) is 1. The summed E-state index contributed by atoms with van der Waals surface area (Å²) in [6, 6.07) is 6.34. The van der Waals surface area contributed by atoms with Crippen LogP contribution in [0, 0.1) is 11.8 Å². The molecule has 1 saturated carbocycles. The van der Waals surface area contributed by atoms with Gasteiger partial charge in [0.1, 0.15) is 0 Å². The van der Waals surface area contributed by atoms with E-state index in [1.807, 2.05) is 6.92 Å². The van der Waals surface area contributed by atoms with Crippen molar-refractivity contribution < 1.29 is 18.0 Å². The second-order valence-corrected chi connectivity index (χ2v) is 8.63. The Morgan fingerprint density at radius 1 is 0.963 bits per heavy atom. The third-order valence-electron chi connectivity index (χ3n) is 4.98. The van der Waals surface area contributed by atoms with E-state index >= 15 is 0 Å². The fourth-order valence-electron chi connectivity index (χ4n) is 3.33. The van der Waals surface area contributed by atoms with Crippen molar-refractivity contribution in [3.63, 3.8) is 0 Å². The van der Waals surface area contributed by atoms with Gasteiger partial charge in [0.25, 0.3) is 0 Å². The van der Waals surface area contributed by atoms with Crippen LogP contribution in [-0.4, -0.2) is 33.3 Å². The lowest BCUT2D eigenvalue weighted by atomic mass is 9.81. The van der Waals surface area contributed by atoms with Crippen molar-refractivity contribution in [2.45, 2.75) is 50.3 Å². The van der Waals surface area contributed by atoms with Gasteiger partial charge in [-0.15, -0.1) is 0 Å². The van der Waals surface area contributed by atoms with Crippen LogP contribution in [0.2, 0.25) is 0 Å². The molecule has 2 rings (SSSR count). The van der Waals surface area contributed by atoms with Crippen molar-refractivity contribution in [2.75, 3.05) is 13.1 Å². The van der Waals surface area contributed by atoms with Crippen LogP contribution in [0.5, 0.6) is 0 Å². The fourth-order valence-corrected chi connectivity index (χ4v) is 3.85. The molecule has 0 unspecified atom stereocenters. The molecular formula is C19H29N3O4S. The predicted molar refractivity (Wildman–Crippen MR) is 103 cm³/mol. The van der Waals surface area contributed by atoms with E-state index in [2.05, 4.69) is 10.6 Å². The van der Waals surface area contributed by atoms with Gasteiger partial charge in [0, 0.05) is 24.9 Å². The summed E-state index contributed by atoms with van der Waals surface area (Å²) < 4.78 is 22.5. The lowest BCUT2D eigenvalue weighted by Gasteiger charge is -2.27. The lowest BCUT2D eigenvalue weighted by molar-refractivity contribution is -0.130. The molecule has 1 fully saturated rings. The Hall–Kier alpha value is -1.93. The van der Waals surface area contributed by atoms with E-state index in [0.29, 0.717) is 19.5 Å². The van der Waals surface area contributed by atoms with E-state index < -0.39 is 10.0 Å². The molecule has 7 nitrogen and oxygen atoms in total. The van der Waals surface area contributed by atoms with Gasteiger partial charge >= 0.3 is 0 Å². The fraction of sp³-hybridized carbons (Fsp3) is 0.579. The van der Waals surface area contributed by atoms with Crippen LogP contribution < -0.4 is 15.8 Å². The van der Waals surface area contributed by atoms with E-state index in [0.717, 1.165) is 37.7 Å². The van der Waals surface area contributed by atoms with Crippen LogP contribution in [0.1, 0.15) is 44.6 Å². The second-order valence-electron chi connectivity index (χ2n) is 7.07. The summed E-state index contributed by atoms with van der Waals surface area (Å²) in [6.45, 7) is 3.22. The molecule has 27 heavy (non-hydrogen) atoms. The zero-order chi connectivity index (χ0) is 19.9. The van der Waals surface area contributed by atoms with Crippen LogP contribution in [0.15, 0.2) is 29.2 Å². The molecule has 2 amide bonds. The van der Waals surface area contributed by atoms with Crippen LogP contribution in [0.25, 0.3) is 0 Å². The van der Waals surface area contributed by atoms with E-state index in [1.54, 1.807) is 12.1 Å². The average molecular weight is 396 g/mol. The predicted octanol–water partition coefficient (Wildman–Crippen LogP) is 1.33.